The molecule has 17 aliphatic rings. The van der Waals surface area contributed by atoms with Gasteiger partial charge in [0.1, 0.15) is 11.6 Å². The summed E-state index contributed by atoms with van der Waals surface area (Å²) in [5.74, 6) is -11.0. The van der Waals surface area contributed by atoms with Gasteiger partial charge in [-0.15, -0.1) is 0 Å². The van der Waals surface area contributed by atoms with Crippen LogP contribution in [0.2, 0.25) is 0 Å². The second kappa shape index (κ2) is 30.0. The van der Waals surface area contributed by atoms with Crippen LogP contribution in [0.1, 0.15) is 158 Å². The lowest BCUT2D eigenvalue weighted by Gasteiger charge is -2.48. The van der Waals surface area contributed by atoms with Crippen LogP contribution >= 0.6 is 0 Å². The maximum Gasteiger partial charge on any atom is 0.426 e. The van der Waals surface area contributed by atoms with Crippen molar-refractivity contribution in [3.8, 4) is 0 Å². The molecule has 6 N–H and O–H groups in total. The number of esters is 2. The molecule has 16 aliphatic carbocycles. The summed E-state index contributed by atoms with van der Waals surface area (Å²) in [4.78, 5) is 72.6. The molecule has 16 bridgehead atoms. The number of cyclic esters (lactones) is 2. The van der Waals surface area contributed by atoms with E-state index in [9.17, 15) is 165 Å². The zero-order chi connectivity index (χ0) is 90.0. The summed E-state index contributed by atoms with van der Waals surface area (Å²) in [6, 6.07) is 0. The van der Waals surface area contributed by atoms with E-state index in [0.717, 1.165) is 25.7 Å². The minimum absolute atomic E-state index is 0.0198. The van der Waals surface area contributed by atoms with Crippen molar-refractivity contribution in [2.45, 2.75) is 230 Å². The summed E-state index contributed by atoms with van der Waals surface area (Å²) in [6.07, 6.45) is -40.8. The Balaban J connectivity index is 0.000000133. The number of alkyl halides is 24. The molecule has 0 amide bonds. The molecule has 40 atom stereocenters. The Hall–Kier alpha value is -4.68. The number of ketones is 2. The van der Waals surface area contributed by atoms with Crippen molar-refractivity contribution in [1.82, 2.24) is 0 Å². The quantitative estimate of drug-likeness (QED) is 0.0262. The molecule has 0 radical (unpaired) electrons. The molecule has 686 valence electrons. The monoisotopic (exact) mass is 1780 g/mol. The van der Waals surface area contributed by atoms with Gasteiger partial charge < -0.3 is 35.4 Å². The molecule has 13 nitrogen and oxygen atoms in total. The molecule has 1 saturated heterocycles. The summed E-state index contributed by atoms with van der Waals surface area (Å²) in [5, 5.41) is 58.0. The second-order valence-electron chi connectivity index (χ2n) is 41.0. The SMILES string of the molecule is CC(=O)C(C)C(C(C)=O)C1C(C)C2CC1C1C3CC(CC3CC(O)(C(F)(F)F)C(F)(F)F)C21.CC(C(=O)O)C(C(=O)O)C1C(C)C2CC1C1C3CC(CC3CC(O)(C(F)(F)F)C(F)(F)F)C21.CC1C(=O)OC(=O)C1C1C(C)C2CC1C1C3CC(CC3CC(O)(C(F)(F)F)C(F)(F)F)C21.OC(CC1CC2CC1C1C3C=CC(C3)C21)(C(F)(F)F)C(F)(F)F. The first-order valence-corrected chi connectivity index (χ1v) is 42.6. The van der Waals surface area contributed by atoms with Crippen molar-refractivity contribution < 1.29 is 170 Å². The first-order chi connectivity index (χ1) is 55.2. The van der Waals surface area contributed by atoms with E-state index in [4.69, 9.17) is 4.74 Å². The van der Waals surface area contributed by atoms with Gasteiger partial charge in [0.25, 0.3) is 22.4 Å². The Morgan fingerprint density at radius 3 is 0.934 bits per heavy atom. The minimum atomic E-state index is -5.86. The van der Waals surface area contributed by atoms with Gasteiger partial charge in [-0.2, -0.15) is 105 Å². The predicted molar refractivity (Wildman–Crippen MR) is 373 cm³/mol. The van der Waals surface area contributed by atoms with Crippen molar-refractivity contribution in [3.05, 3.63) is 12.2 Å². The summed E-state index contributed by atoms with van der Waals surface area (Å²) in [7, 11) is 0. The Kier molecular flexibility index (Phi) is 22.9. The van der Waals surface area contributed by atoms with Gasteiger partial charge in [-0.3, -0.25) is 28.8 Å². The Bertz CT molecular complexity index is 3820. The maximum absolute atomic E-state index is 13.3. The van der Waals surface area contributed by atoms with E-state index in [1.807, 2.05) is 13.8 Å². The van der Waals surface area contributed by atoms with Crippen LogP contribution in [0.25, 0.3) is 0 Å². The summed E-state index contributed by atoms with van der Waals surface area (Å²) < 4.78 is 322. The lowest BCUT2D eigenvalue weighted by molar-refractivity contribution is -0.374. The van der Waals surface area contributed by atoms with Gasteiger partial charge in [-0.1, -0.05) is 53.7 Å². The van der Waals surface area contributed by atoms with E-state index >= 15 is 0 Å². The number of rotatable bonds is 17. The van der Waals surface area contributed by atoms with Crippen LogP contribution in [0.4, 0.5) is 105 Å². The first-order valence-electron chi connectivity index (χ1n) is 42.6. The fraction of sp³-hybridized carbons (Fsp3) is 0.905. The molecule has 40 unspecified atom stereocenters. The number of carboxylic acid groups (broad SMARTS) is 2. The first kappa shape index (κ1) is 92.5. The number of ether oxygens (including phenoxy) is 1. The molecular formula is C84H104F24O13. The number of halogens is 24. The smallest absolute Gasteiger partial charge is 0.426 e. The van der Waals surface area contributed by atoms with Crippen LogP contribution in [0, 0.1) is 237 Å². The van der Waals surface area contributed by atoms with E-state index < -0.39 is 192 Å². The molecule has 37 heteroatoms. The standard InChI is InChI=1S/C24H32F6O3.C22H28F6O5.C22H26F6O4.C16H18F6O/c1-9(11(3)31)18(12(4)32)19-10(2)15-7-17(19)21-16-6-13(20(15)21)5-14(16)8-22(33,23(25,26)27)24(28,29)30;1-7-11-5-13(14(7)15(19(31)32)8(2)18(29)30)17-12-4-9(16(11)17)3-10(12)6-20(33,21(23,24)25)22(26,27)28;1-7-11-5-13(14(7)15-8(2)18(29)32-19(15)30)17-12-4-9(16(11)17)3-10(12)6-20(31,21(23,24)25)22(26,27)28;17-15(18,19)14(23,16(20,21)22)6-10-4-9-5-11(10)13-8-2-1-7(3-8)12(9)13/h9-10,13-21,33H,5-8H2,1-4H3;7-17,33H,3-6H2,1-2H3,(H,29,30)(H,31,32);7-17,31H,3-6H2,1-2H3;1-2,7-13,23H,3-6H2. The molecule has 1 heterocycles. The van der Waals surface area contributed by atoms with Crippen LogP contribution in [-0.4, -0.2) is 138 Å². The van der Waals surface area contributed by atoms with Crippen molar-refractivity contribution in [2.75, 3.05) is 0 Å². The molecule has 1 aliphatic heterocycles. The molecule has 17 rings (SSSR count). The number of carboxylic acids is 2. The number of aliphatic hydroxyl groups is 4. The minimum Gasteiger partial charge on any atom is -0.481 e. The maximum atomic E-state index is 13.3. The Morgan fingerprint density at radius 1 is 0.339 bits per heavy atom. The van der Waals surface area contributed by atoms with E-state index in [1.54, 1.807) is 13.8 Å². The molecule has 16 fully saturated rings. The van der Waals surface area contributed by atoms with Gasteiger partial charge >= 0.3 is 73.3 Å². The van der Waals surface area contributed by atoms with Crippen LogP contribution in [0.3, 0.4) is 0 Å². The van der Waals surface area contributed by atoms with Crippen molar-refractivity contribution in [2.24, 2.45) is 237 Å². The molecule has 0 aromatic heterocycles. The number of carbonyl (C=O) groups excluding carboxylic acids is 4. The molecule has 15 saturated carbocycles. The van der Waals surface area contributed by atoms with Gasteiger partial charge in [0, 0.05) is 11.8 Å². The lowest BCUT2D eigenvalue weighted by atomic mass is 9.57. The topological polar surface area (TPSA) is 233 Å². The Labute approximate surface area is 681 Å². The van der Waals surface area contributed by atoms with Gasteiger partial charge in [-0.05, 0) is 318 Å². The molecule has 121 heavy (non-hydrogen) atoms. The fourth-order valence-electron chi connectivity index (χ4n) is 32.5. The summed E-state index contributed by atoms with van der Waals surface area (Å²) in [5.41, 5.74) is -18.8. The van der Waals surface area contributed by atoms with E-state index in [1.165, 1.54) is 20.8 Å². The highest BCUT2D eigenvalue weighted by Crippen LogP contribution is 2.78. The van der Waals surface area contributed by atoms with E-state index in [0.29, 0.717) is 49.9 Å². The summed E-state index contributed by atoms with van der Waals surface area (Å²) >= 11 is 0. The number of hydrogen-bond donors (Lipinski definition) is 6. The highest BCUT2D eigenvalue weighted by atomic mass is 19.4. The second-order valence-corrected chi connectivity index (χ2v) is 41.0. The van der Waals surface area contributed by atoms with E-state index in [2.05, 4.69) is 19.1 Å². The number of allylic oxidation sites excluding steroid dienone is 2. The van der Waals surface area contributed by atoms with Gasteiger partial charge in [-0.25, -0.2) is 0 Å². The predicted octanol–water partition coefficient (Wildman–Crippen LogP) is 18.6. The third-order valence-electron chi connectivity index (χ3n) is 36.6. The van der Waals surface area contributed by atoms with Crippen LogP contribution in [0.5, 0.6) is 0 Å². The number of hydrogen-bond acceptors (Lipinski definition) is 11. The average molecular weight is 1780 g/mol. The van der Waals surface area contributed by atoms with Crippen molar-refractivity contribution in [1.29, 1.82) is 0 Å². The van der Waals surface area contributed by atoms with Crippen molar-refractivity contribution in [3.63, 3.8) is 0 Å². The average Bonchev–Trinajstić information content (AvgIpc) is 1.55. The largest absolute Gasteiger partial charge is 0.481 e. The van der Waals surface area contributed by atoms with E-state index in [-0.39, 0.29) is 179 Å². The lowest BCUT2D eigenvalue weighted by Crippen LogP contribution is -2.58. The number of carbonyl (C=O) groups is 6. The van der Waals surface area contributed by atoms with Gasteiger partial charge in [0.15, 0.2) is 0 Å². The Morgan fingerprint density at radius 2 is 0.636 bits per heavy atom. The van der Waals surface area contributed by atoms with Crippen LogP contribution < -0.4 is 0 Å². The summed E-state index contributed by atoms with van der Waals surface area (Å²) in [6.45, 7) is 13.7. The van der Waals surface area contributed by atoms with Crippen LogP contribution in [-0.2, 0) is 33.5 Å². The normalized spacial score (nSPS) is 44.1. The van der Waals surface area contributed by atoms with Gasteiger partial charge in [0.2, 0.25) is 0 Å². The third kappa shape index (κ3) is 14.1. The molecular weight excluding hydrogens is 1670 g/mol. The number of Topliss-reactive ketones (excluding diaryl/α,β-unsaturated/α-hetero) is 2. The highest BCUT2D eigenvalue weighted by molar-refractivity contribution is 5.96. The zero-order valence-corrected chi connectivity index (χ0v) is 67.2. The number of fused-ring (bicyclic) bond motifs is 36. The van der Waals surface area contributed by atoms with Crippen molar-refractivity contribution >= 4 is 35.4 Å². The zero-order valence-electron chi connectivity index (χ0n) is 67.2. The highest BCUT2D eigenvalue weighted by Gasteiger charge is 2.80. The molecule has 0 spiro atoms. The molecule has 0 aromatic carbocycles. The third-order valence-corrected chi connectivity index (χ3v) is 36.6. The van der Waals surface area contributed by atoms with Gasteiger partial charge in [0.05, 0.1) is 23.7 Å². The molecule has 0 aromatic rings. The fourth-order valence-corrected chi connectivity index (χ4v) is 32.5. The van der Waals surface area contributed by atoms with Crippen LogP contribution in [0.15, 0.2) is 12.2 Å². The number of aliphatic carboxylic acids is 2.